The van der Waals surface area contributed by atoms with Gasteiger partial charge in [-0.05, 0) is 30.5 Å². The second-order valence-corrected chi connectivity index (χ2v) is 5.32. The first-order valence-corrected chi connectivity index (χ1v) is 7.85. The van der Waals surface area contributed by atoms with E-state index in [0.29, 0.717) is 17.8 Å². The van der Waals surface area contributed by atoms with Gasteiger partial charge in [-0.1, -0.05) is 6.07 Å². The summed E-state index contributed by atoms with van der Waals surface area (Å²) in [4.78, 5) is 27.1. The molecular formula is C13H13N3O3S2. The second-order valence-electron chi connectivity index (χ2n) is 3.76. The average Bonchev–Trinajstić information content (AvgIpc) is 3.00. The number of aromatic nitrogens is 1. The van der Waals surface area contributed by atoms with E-state index in [1.54, 1.807) is 30.4 Å². The van der Waals surface area contributed by atoms with Crippen LogP contribution in [0, 0.1) is 0 Å². The van der Waals surface area contributed by atoms with Gasteiger partial charge in [-0.2, -0.15) is 11.3 Å². The minimum Gasteiger partial charge on any atom is -0.449 e. The third-order valence-corrected chi connectivity index (χ3v) is 3.54. The average molecular weight is 323 g/mol. The Morgan fingerprint density at radius 1 is 1.38 bits per heavy atom. The lowest BCUT2D eigenvalue weighted by Gasteiger charge is -2.06. The molecule has 0 atom stereocenters. The zero-order valence-corrected chi connectivity index (χ0v) is 12.8. The molecule has 0 bridgehead atoms. The minimum absolute atomic E-state index is 0.248. The molecule has 0 aliphatic heterocycles. The Labute approximate surface area is 130 Å². The van der Waals surface area contributed by atoms with Crippen LogP contribution in [0.3, 0.4) is 0 Å². The van der Waals surface area contributed by atoms with E-state index in [-0.39, 0.29) is 6.61 Å². The highest BCUT2D eigenvalue weighted by atomic mass is 32.2. The molecule has 2 aromatic rings. The van der Waals surface area contributed by atoms with E-state index < -0.39 is 11.3 Å². The molecule has 2 heterocycles. The molecule has 0 unspecified atom stereocenters. The van der Waals surface area contributed by atoms with Crippen LogP contribution >= 0.6 is 23.3 Å². The molecule has 21 heavy (non-hydrogen) atoms. The number of hydrogen-bond acceptors (Lipinski definition) is 6. The van der Waals surface area contributed by atoms with Crippen LogP contribution in [0.15, 0.2) is 35.0 Å². The molecule has 110 valence electrons. The number of hydrogen-bond donors (Lipinski definition) is 2. The fourth-order valence-electron chi connectivity index (χ4n) is 1.45. The van der Waals surface area contributed by atoms with Gasteiger partial charge in [0.1, 0.15) is 5.82 Å². The maximum absolute atomic E-state index is 11.7. The molecule has 0 aliphatic carbocycles. The van der Waals surface area contributed by atoms with E-state index in [9.17, 15) is 9.59 Å². The van der Waals surface area contributed by atoms with Gasteiger partial charge in [0.15, 0.2) is 0 Å². The third-order valence-electron chi connectivity index (χ3n) is 2.30. The number of rotatable bonds is 3. The van der Waals surface area contributed by atoms with Crippen molar-refractivity contribution in [3.8, 4) is 11.3 Å². The maximum Gasteiger partial charge on any atom is 0.417 e. The van der Waals surface area contributed by atoms with Gasteiger partial charge in [0.25, 0.3) is 0 Å². The Hall–Kier alpha value is -2.06. The number of anilines is 1. The molecule has 2 aromatic heterocycles. The van der Waals surface area contributed by atoms with Gasteiger partial charge in [-0.15, -0.1) is 0 Å². The van der Waals surface area contributed by atoms with Crippen LogP contribution in [0.4, 0.5) is 15.4 Å². The van der Waals surface area contributed by atoms with E-state index in [1.165, 1.54) is 0 Å². The molecule has 8 heteroatoms. The molecule has 0 aromatic carbocycles. The Bertz CT molecular complexity index is 617. The van der Waals surface area contributed by atoms with Crippen molar-refractivity contribution in [3.05, 3.63) is 35.0 Å². The van der Waals surface area contributed by atoms with Crippen molar-refractivity contribution in [2.24, 2.45) is 0 Å². The fourth-order valence-corrected chi connectivity index (χ4v) is 2.49. The summed E-state index contributed by atoms with van der Waals surface area (Å²) < 4.78 is 6.91. The Balaban J connectivity index is 1.92. The molecule has 0 fully saturated rings. The number of nitrogens with one attached hydrogen (secondary N) is 2. The SMILES string of the molecule is CCOC(=O)NSC(=O)Nc1cccc(-c2ccsc2)n1. The van der Waals surface area contributed by atoms with Crippen molar-refractivity contribution in [1.29, 1.82) is 0 Å². The first kappa shape index (κ1) is 15.3. The Morgan fingerprint density at radius 3 is 2.95 bits per heavy atom. The summed E-state index contributed by atoms with van der Waals surface area (Å²) in [7, 11) is 0. The van der Waals surface area contributed by atoms with Crippen molar-refractivity contribution in [2.45, 2.75) is 6.92 Å². The molecule has 0 spiro atoms. The van der Waals surface area contributed by atoms with Crippen LogP contribution in [-0.2, 0) is 4.74 Å². The first-order valence-electron chi connectivity index (χ1n) is 6.09. The van der Waals surface area contributed by atoms with Crippen molar-refractivity contribution < 1.29 is 14.3 Å². The summed E-state index contributed by atoms with van der Waals surface area (Å²) in [6.07, 6.45) is -0.655. The topological polar surface area (TPSA) is 80.3 Å². The van der Waals surface area contributed by atoms with E-state index in [1.807, 2.05) is 22.9 Å². The monoisotopic (exact) mass is 323 g/mol. The van der Waals surface area contributed by atoms with E-state index in [2.05, 4.69) is 19.8 Å². The van der Waals surface area contributed by atoms with E-state index >= 15 is 0 Å². The summed E-state index contributed by atoms with van der Waals surface area (Å²) in [6.45, 7) is 1.93. The van der Waals surface area contributed by atoms with E-state index in [4.69, 9.17) is 0 Å². The Kier molecular flexibility index (Phi) is 5.59. The number of carbonyl (C=O) groups excluding carboxylic acids is 2. The summed E-state index contributed by atoms with van der Waals surface area (Å²) in [5.41, 5.74) is 1.77. The molecule has 0 saturated carbocycles. The highest BCUT2D eigenvalue weighted by molar-refractivity contribution is 8.12. The number of ether oxygens (including phenoxy) is 1. The summed E-state index contributed by atoms with van der Waals surface area (Å²) >= 11 is 2.19. The predicted molar refractivity (Wildman–Crippen MR) is 84.3 cm³/mol. The van der Waals surface area contributed by atoms with Gasteiger partial charge in [0.05, 0.1) is 24.2 Å². The molecule has 0 aliphatic rings. The number of pyridine rings is 1. The quantitative estimate of drug-likeness (QED) is 0.841. The number of nitrogens with zero attached hydrogens (tertiary/aromatic N) is 1. The van der Waals surface area contributed by atoms with Gasteiger partial charge in [0, 0.05) is 10.9 Å². The van der Waals surface area contributed by atoms with Crippen LogP contribution in [0.5, 0.6) is 0 Å². The van der Waals surface area contributed by atoms with Crippen molar-refractivity contribution in [3.63, 3.8) is 0 Å². The highest BCUT2D eigenvalue weighted by Crippen LogP contribution is 2.21. The zero-order chi connectivity index (χ0) is 15.1. The largest absolute Gasteiger partial charge is 0.449 e. The maximum atomic E-state index is 11.7. The van der Waals surface area contributed by atoms with Crippen LogP contribution in [0.2, 0.25) is 0 Å². The van der Waals surface area contributed by atoms with Crippen LogP contribution in [0.1, 0.15) is 6.92 Å². The lowest BCUT2D eigenvalue weighted by molar-refractivity contribution is 0.159. The fraction of sp³-hybridized carbons (Fsp3) is 0.154. The molecule has 6 nitrogen and oxygen atoms in total. The highest BCUT2D eigenvalue weighted by Gasteiger charge is 2.09. The van der Waals surface area contributed by atoms with Gasteiger partial charge >= 0.3 is 11.3 Å². The van der Waals surface area contributed by atoms with Crippen molar-refractivity contribution >= 4 is 40.4 Å². The smallest absolute Gasteiger partial charge is 0.417 e. The number of amides is 2. The van der Waals surface area contributed by atoms with Gasteiger partial charge in [0.2, 0.25) is 0 Å². The van der Waals surface area contributed by atoms with Gasteiger partial charge in [-0.3, -0.25) is 14.8 Å². The third kappa shape index (κ3) is 4.76. The summed E-state index contributed by atoms with van der Waals surface area (Å²) in [6, 6.07) is 7.30. The predicted octanol–water partition coefficient (Wildman–Crippen LogP) is 3.74. The molecular weight excluding hydrogens is 310 g/mol. The minimum atomic E-state index is -0.655. The Morgan fingerprint density at radius 2 is 2.24 bits per heavy atom. The molecule has 0 saturated heterocycles. The second kappa shape index (κ2) is 7.65. The van der Waals surface area contributed by atoms with Crippen LogP contribution in [0.25, 0.3) is 11.3 Å². The molecule has 0 radical (unpaired) electrons. The summed E-state index contributed by atoms with van der Waals surface area (Å²) in [5, 5.41) is 6.08. The van der Waals surface area contributed by atoms with Crippen LogP contribution in [-0.4, -0.2) is 22.9 Å². The van der Waals surface area contributed by atoms with Gasteiger partial charge < -0.3 is 4.74 Å². The molecule has 2 N–H and O–H groups in total. The summed E-state index contributed by atoms with van der Waals surface area (Å²) in [5.74, 6) is 0.418. The van der Waals surface area contributed by atoms with E-state index in [0.717, 1.165) is 11.3 Å². The lowest BCUT2D eigenvalue weighted by atomic mass is 10.2. The van der Waals surface area contributed by atoms with Crippen molar-refractivity contribution in [2.75, 3.05) is 11.9 Å². The normalized spacial score (nSPS) is 9.95. The van der Waals surface area contributed by atoms with Crippen LogP contribution < -0.4 is 10.0 Å². The molecule has 2 rings (SSSR count). The number of carbonyl (C=O) groups is 2. The van der Waals surface area contributed by atoms with Gasteiger partial charge in [-0.25, -0.2) is 9.78 Å². The first-order chi connectivity index (χ1) is 10.2. The van der Waals surface area contributed by atoms with Crippen molar-refractivity contribution in [1.82, 2.24) is 9.71 Å². The lowest BCUT2D eigenvalue weighted by Crippen LogP contribution is -2.21. The number of thiophene rings is 1. The molecule has 2 amide bonds. The standard InChI is InChI=1S/C13H13N3O3S2/c1-2-19-12(17)16-21-13(18)15-11-5-3-4-10(14-11)9-6-7-20-8-9/h3-8H,2H2,1H3,(H,16,17)(H,14,15,18). The zero-order valence-electron chi connectivity index (χ0n) is 11.2.